The van der Waals surface area contributed by atoms with E-state index in [9.17, 15) is 10.1 Å². The largest absolute Gasteiger partial charge is 0.334 e. The van der Waals surface area contributed by atoms with Gasteiger partial charge in [-0.1, -0.05) is 24.3 Å². The third-order valence-corrected chi connectivity index (χ3v) is 3.84. The maximum atomic E-state index is 12.3. The summed E-state index contributed by atoms with van der Waals surface area (Å²) in [6.07, 6.45) is 13.2. The van der Waals surface area contributed by atoms with Gasteiger partial charge in [0, 0.05) is 5.57 Å². The molecule has 0 aromatic heterocycles. The Balaban J connectivity index is 1.83. The van der Waals surface area contributed by atoms with Gasteiger partial charge in [-0.3, -0.25) is 4.79 Å². The van der Waals surface area contributed by atoms with Crippen LogP contribution in [0.15, 0.2) is 47.1 Å². The molecule has 3 rings (SSSR count). The number of carbonyl (C=O) groups excluding carboxylic acids is 1. The molecule has 1 amide bonds. The maximum absolute atomic E-state index is 12.3. The van der Waals surface area contributed by atoms with Gasteiger partial charge in [-0.15, -0.1) is 0 Å². The van der Waals surface area contributed by atoms with Crippen molar-refractivity contribution in [3.8, 4) is 6.07 Å². The van der Waals surface area contributed by atoms with Crippen molar-refractivity contribution in [2.75, 3.05) is 0 Å². The summed E-state index contributed by atoms with van der Waals surface area (Å²) in [5, 5.41) is 12.2. The second kappa shape index (κ2) is 3.99. The molecule has 0 saturated heterocycles. The van der Waals surface area contributed by atoms with Crippen molar-refractivity contribution in [3.05, 3.63) is 47.1 Å². The van der Waals surface area contributed by atoms with Crippen LogP contribution in [0.1, 0.15) is 25.7 Å². The van der Waals surface area contributed by atoms with Gasteiger partial charge in [-0.25, -0.2) is 0 Å². The number of rotatable bonds is 2. The molecule has 0 aliphatic heterocycles. The molecule has 3 heteroatoms. The fourth-order valence-corrected chi connectivity index (χ4v) is 2.81. The number of hydrogen-bond donors (Lipinski definition) is 1. The highest BCUT2D eigenvalue weighted by Gasteiger charge is 2.36. The summed E-state index contributed by atoms with van der Waals surface area (Å²) in [6, 6.07) is 2.28. The van der Waals surface area contributed by atoms with Crippen molar-refractivity contribution < 1.29 is 4.79 Å². The van der Waals surface area contributed by atoms with Crippen molar-refractivity contribution >= 4 is 5.91 Å². The van der Waals surface area contributed by atoms with Crippen molar-refractivity contribution in [2.24, 2.45) is 0 Å². The van der Waals surface area contributed by atoms with E-state index in [-0.39, 0.29) is 5.91 Å². The summed E-state index contributed by atoms with van der Waals surface area (Å²) in [5.74, 6) is -0.125. The Hall–Kier alpha value is -2.08. The van der Waals surface area contributed by atoms with Crippen LogP contribution in [0.3, 0.4) is 0 Å². The number of allylic oxidation sites excluding steroid dienone is 6. The highest BCUT2D eigenvalue weighted by molar-refractivity contribution is 6.01. The van der Waals surface area contributed by atoms with Crippen LogP contribution >= 0.6 is 0 Å². The van der Waals surface area contributed by atoms with Crippen LogP contribution in [0, 0.1) is 11.3 Å². The van der Waals surface area contributed by atoms with Crippen LogP contribution in [-0.4, -0.2) is 11.4 Å². The molecule has 3 nitrogen and oxygen atoms in total. The number of fused-ring (bicyclic) bond motifs is 1. The van der Waals surface area contributed by atoms with Crippen molar-refractivity contribution in [1.29, 1.82) is 5.26 Å². The zero-order valence-electron chi connectivity index (χ0n) is 10.1. The van der Waals surface area contributed by atoms with E-state index in [2.05, 4.69) is 11.4 Å². The molecule has 0 aromatic carbocycles. The lowest BCUT2D eigenvalue weighted by Gasteiger charge is -2.22. The number of nitrogens with zero attached hydrogens (tertiary/aromatic N) is 1. The highest BCUT2D eigenvalue weighted by atomic mass is 16.1. The van der Waals surface area contributed by atoms with E-state index in [0.717, 1.165) is 36.8 Å². The van der Waals surface area contributed by atoms with Gasteiger partial charge in [0.1, 0.15) is 5.54 Å². The molecule has 0 radical (unpaired) electrons. The topological polar surface area (TPSA) is 52.9 Å². The molecule has 3 aliphatic rings. The molecule has 0 heterocycles. The third kappa shape index (κ3) is 1.62. The molecule has 0 aromatic rings. The fraction of sp³-hybridized carbons (Fsp3) is 0.333. The van der Waals surface area contributed by atoms with Crippen LogP contribution in [0.4, 0.5) is 0 Å². The van der Waals surface area contributed by atoms with Crippen LogP contribution in [0.5, 0.6) is 0 Å². The van der Waals surface area contributed by atoms with E-state index in [4.69, 9.17) is 0 Å². The number of amides is 1. The lowest BCUT2D eigenvalue weighted by atomic mass is 9.98. The molecular weight excluding hydrogens is 224 g/mol. The zero-order valence-corrected chi connectivity index (χ0v) is 10.1. The quantitative estimate of drug-likeness (QED) is 0.802. The highest BCUT2D eigenvalue weighted by Crippen LogP contribution is 2.32. The second-order valence-corrected chi connectivity index (χ2v) is 5.00. The number of nitriles is 1. The van der Waals surface area contributed by atoms with E-state index < -0.39 is 5.54 Å². The van der Waals surface area contributed by atoms with Crippen molar-refractivity contribution in [3.63, 3.8) is 0 Å². The predicted molar refractivity (Wildman–Crippen MR) is 68.3 cm³/mol. The molecule has 90 valence electrons. The first-order valence-electron chi connectivity index (χ1n) is 6.29. The van der Waals surface area contributed by atoms with Crippen LogP contribution < -0.4 is 5.32 Å². The number of carbonyl (C=O) groups is 1. The fourth-order valence-electron chi connectivity index (χ4n) is 2.81. The Kier molecular flexibility index (Phi) is 2.45. The Morgan fingerprint density at radius 1 is 1.28 bits per heavy atom. The molecule has 1 saturated carbocycles. The Labute approximate surface area is 106 Å². The standard InChI is InChI=1S/C15H14N2O/c16-10-15(8-1-2-9-15)17-14(18)13-7-6-11-4-3-5-12(11)13/h3-7H,1-2,8-9H2,(H,17,18). The number of nitrogens with one attached hydrogen (secondary N) is 1. The average molecular weight is 238 g/mol. The Bertz CT molecular complexity index is 564. The SMILES string of the molecule is N#CC1(NC(=O)C2=C3C=CC=C3C=C2)CCCC1. The van der Waals surface area contributed by atoms with E-state index in [0.29, 0.717) is 5.57 Å². The average Bonchev–Trinajstić information content (AvgIpc) is 3.04. The first-order chi connectivity index (χ1) is 8.74. The number of hydrogen-bond acceptors (Lipinski definition) is 2. The smallest absolute Gasteiger partial charge is 0.253 e. The van der Waals surface area contributed by atoms with Gasteiger partial charge in [0.05, 0.1) is 6.07 Å². The van der Waals surface area contributed by atoms with Gasteiger partial charge in [0.15, 0.2) is 0 Å². The molecule has 0 bridgehead atoms. The monoisotopic (exact) mass is 238 g/mol. The normalized spacial score (nSPS) is 22.9. The first-order valence-corrected chi connectivity index (χ1v) is 6.29. The zero-order chi connectivity index (χ0) is 12.6. The molecule has 18 heavy (non-hydrogen) atoms. The lowest BCUT2D eigenvalue weighted by Crippen LogP contribution is -2.45. The molecule has 0 unspecified atom stereocenters. The Morgan fingerprint density at radius 2 is 2.06 bits per heavy atom. The summed E-state index contributed by atoms with van der Waals surface area (Å²) in [4.78, 5) is 12.3. The van der Waals surface area contributed by atoms with Crippen LogP contribution in [-0.2, 0) is 4.79 Å². The van der Waals surface area contributed by atoms with Gasteiger partial charge in [0.2, 0.25) is 0 Å². The first kappa shape index (κ1) is 11.0. The van der Waals surface area contributed by atoms with Crippen LogP contribution in [0.25, 0.3) is 0 Å². The van der Waals surface area contributed by atoms with E-state index in [1.807, 2.05) is 30.4 Å². The van der Waals surface area contributed by atoms with Gasteiger partial charge in [-0.2, -0.15) is 5.26 Å². The molecule has 3 aliphatic carbocycles. The van der Waals surface area contributed by atoms with Gasteiger partial charge in [-0.05, 0) is 42.9 Å². The summed E-state index contributed by atoms with van der Waals surface area (Å²) in [5.41, 5.74) is 2.08. The second-order valence-electron chi connectivity index (χ2n) is 5.00. The molecule has 1 fully saturated rings. The van der Waals surface area contributed by atoms with Gasteiger partial charge >= 0.3 is 0 Å². The maximum Gasteiger partial charge on any atom is 0.253 e. The molecule has 0 atom stereocenters. The molecule has 0 spiro atoms. The summed E-state index contributed by atoms with van der Waals surface area (Å²) in [7, 11) is 0. The Morgan fingerprint density at radius 3 is 2.78 bits per heavy atom. The minimum Gasteiger partial charge on any atom is -0.334 e. The summed E-state index contributed by atoms with van der Waals surface area (Å²) < 4.78 is 0. The summed E-state index contributed by atoms with van der Waals surface area (Å²) in [6.45, 7) is 0. The minimum absolute atomic E-state index is 0.125. The summed E-state index contributed by atoms with van der Waals surface area (Å²) >= 11 is 0. The predicted octanol–water partition coefficient (Wildman–Crippen LogP) is 2.30. The van der Waals surface area contributed by atoms with Gasteiger partial charge in [0.25, 0.3) is 5.91 Å². The van der Waals surface area contributed by atoms with E-state index >= 15 is 0 Å². The van der Waals surface area contributed by atoms with E-state index in [1.165, 1.54) is 0 Å². The van der Waals surface area contributed by atoms with Gasteiger partial charge < -0.3 is 5.32 Å². The van der Waals surface area contributed by atoms with E-state index in [1.54, 1.807) is 0 Å². The van der Waals surface area contributed by atoms with Crippen molar-refractivity contribution in [1.82, 2.24) is 5.32 Å². The molecule has 1 N–H and O–H groups in total. The third-order valence-electron chi connectivity index (χ3n) is 3.84. The lowest BCUT2D eigenvalue weighted by molar-refractivity contribution is -0.118. The van der Waals surface area contributed by atoms with Crippen LogP contribution in [0.2, 0.25) is 0 Å². The molecular formula is C15H14N2O. The minimum atomic E-state index is -0.646. The van der Waals surface area contributed by atoms with Crippen molar-refractivity contribution in [2.45, 2.75) is 31.2 Å².